The van der Waals surface area contributed by atoms with Gasteiger partial charge >= 0.3 is 0 Å². The standard InChI is InChI=1S/C25H37N5O/c1-17-8-19-9-18(2)11-25(10-17,12-19)16-27-24(31)22-4-3-5-23-28-21(15-30(22)23)14-29-7-6-20(26)13-29/h3-5,15,17-20H,6-14,16,26H2,1-2H3,(H,27,31). The average Bonchev–Trinajstić information content (AvgIpc) is 3.30. The Morgan fingerprint density at radius 1 is 1.23 bits per heavy atom. The van der Waals surface area contributed by atoms with Crippen LogP contribution in [-0.4, -0.2) is 45.9 Å². The zero-order valence-corrected chi connectivity index (χ0v) is 19.0. The number of pyridine rings is 1. The Morgan fingerprint density at radius 2 is 2.00 bits per heavy atom. The molecule has 2 bridgehead atoms. The number of rotatable bonds is 5. The Morgan fingerprint density at radius 3 is 2.71 bits per heavy atom. The van der Waals surface area contributed by atoms with Crippen molar-refractivity contribution in [3.8, 4) is 0 Å². The number of hydrogen-bond donors (Lipinski definition) is 2. The first kappa shape index (κ1) is 21.0. The monoisotopic (exact) mass is 423 g/mol. The molecular weight excluding hydrogens is 386 g/mol. The summed E-state index contributed by atoms with van der Waals surface area (Å²) in [6.07, 6.45) is 9.54. The minimum Gasteiger partial charge on any atom is -0.350 e. The highest BCUT2D eigenvalue weighted by Gasteiger charge is 2.44. The second-order valence-corrected chi connectivity index (χ2v) is 11.0. The predicted octanol–water partition coefficient (Wildman–Crippen LogP) is 3.45. The molecule has 2 aromatic heterocycles. The van der Waals surface area contributed by atoms with Gasteiger partial charge in [0.2, 0.25) is 0 Å². The van der Waals surface area contributed by atoms with E-state index in [9.17, 15) is 4.79 Å². The number of carbonyl (C=O) groups excluding carboxylic acids is 1. The number of hydrogen-bond acceptors (Lipinski definition) is 4. The predicted molar refractivity (Wildman–Crippen MR) is 123 cm³/mol. The molecule has 0 radical (unpaired) electrons. The SMILES string of the molecule is CC1CC2CC(C)CC(CNC(=O)c3cccc4nc(CN5CCC(N)C5)cn34)(C1)C2. The maximum Gasteiger partial charge on any atom is 0.268 e. The van der Waals surface area contributed by atoms with Gasteiger partial charge in [0.1, 0.15) is 11.3 Å². The molecule has 5 rings (SSSR count). The van der Waals surface area contributed by atoms with Gasteiger partial charge in [-0.15, -0.1) is 0 Å². The van der Waals surface area contributed by atoms with Gasteiger partial charge in [0.15, 0.2) is 0 Å². The topological polar surface area (TPSA) is 75.7 Å². The molecule has 3 atom stereocenters. The maximum atomic E-state index is 13.2. The minimum absolute atomic E-state index is 0.0140. The molecule has 3 heterocycles. The number of nitrogens with one attached hydrogen (secondary N) is 1. The number of nitrogens with zero attached hydrogens (tertiary/aromatic N) is 3. The molecule has 2 saturated carbocycles. The van der Waals surface area contributed by atoms with Gasteiger partial charge in [0.25, 0.3) is 5.91 Å². The van der Waals surface area contributed by atoms with Gasteiger partial charge in [0, 0.05) is 38.4 Å². The molecule has 0 aromatic carbocycles. The van der Waals surface area contributed by atoms with Crippen molar-refractivity contribution in [1.29, 1.82) is 0 Å². The van der Waals surface area contributed by atoms with E-state index in [1.54, 1.807) is 0 Å². The number of amides is 1. The van der Waals surface area contributed by atoms with Crippen molar-refractivity contribution < 1.29 is 4.79 Å². The van der Waals surface area contributed by atoms with E-state index >= 15 is 0 Å². The van der Waals surface area contributed by atoms with Crippen LogP contribution in [0.15, 0.2) is 24.4 Å². The van der Waals surface area contributed by atoms with Gasteiger partial charge in [-0.2, -0.15) is 0 Å². The first-order chi connectivity index (χ1) is 14.9. The molecule has 2 aromatic rings. The fourth-order valence-electron chi connectivity index (χ4n) is 7.04. The fourth-order valence-corrected chi connectivity index (χ4v) is 7.04. The number of aromatic nitrogens is 2. The normalized spacial score (nSPS) is 33.6. The smallest absolute Gasteiger partial charge is 0.268 e. The molecule has 2 aliphatic carbocycles. The quantitative estimate of drug-likeness (QED) is 0.772. The van der Waals surface area contributed by atoms with Crippen molar-refractivity contribution in [2.24, 2.45) is 28.9 Å². The highest BCUT2D eigenvalue weighted by Crippen LogP contribution is 2.52. The molecule has 1 amide bonds. The molecule has 3 N–H and O–H groups in total. The molecule has 0 spiro atoms. The highest BCUT2D eigenvalue weighted by molar-refractivity contribution is 5.93. The summed E-state index contributed by atoms with van der Waals surface area (Å²) in [5, 5.41) is 3.32. The molecule has 3 aliphatic rings. The van der Waals surface area contributed by atoms with Crippen molar-refractivity contribution in [2.45, 2.75) is 65.0 Å². The van der Waals surface area contributed by atoms with Crippen LogP contribution >= 0.6 is 0 Å². The van der Waals surface area contributed by atoms with Crippen molar-refractivity contribution >= 4 is 11.6 Å². The van der Waals surface area contributed by atoms with Gasteiger partial charge in [-0.3, -0.25) is 14.1 Å². The third-order valence-electron chi connectivity index (χ3n) is 7.85. The van der Waals surface area contributed by atoms with E-state index in [1.807, 2.05) is 28.8 Å². The van der Waals surface area contributed by atoms with Crippen LogP contribution < -0.4 is 11.1 Å². The number of likely N-dealkylation sites (tertiary alicyclic amines) is 1. The van der Waals surface area contributed by atoms with Crippen LogP contribution in [0.2, 0.25) is 0 Å². The third kappa shape index (κ3) is 4.37. The Labute approximate surface area is 185 Å². The molecular formula is C25H37N5O. The number of imidazole rings is 1. The van der Waals surface area contributed by atoms with Crippen molar-refractivity contribution in [1.82, 2.24) is 19.6 Å². The number of carbonyl (C=O) groups is 1. The third-order valence-corrected chi connectivity index (χ3v) is 7.85. The summed E-state index contributed by atoms with van der Waals surface area (Å²) < 4.78 is 1.95. The lowest BCUT2D eigenvalue weighted by atomic mass is 9.57. The summed E-state index contributed by atoms with van der Waals surface area (Å²) in [7, 11) is 0. The summed E-state index contributed by atoms with van der Waals surface area (Å²) in [6, 6.07) is 6.09. The number of fused-ring (bicyclic) bond motifs is 3. The van der Waals surface area contributed by atoms with E-state index in [4.69, 9.17) is 10.7 Å². The van der Waals surface area contributed by atoms with E-state index in [2.05, 4.69) is 24.1 Å². The molecule has 31 heavy (non-hydrogen) atoms. The Hall–Kier alpha value is -1.92. The van der Waals surface area contributed by atoms with Crippen LogP contribution in [0.25, 0.3) is 5.65 Å². The summed E-state index contributed by atoms with van der Waals surface area (Å²) in [4.78, 5) is 20.3. The van der Waals surface area contributed by atoms with E-state index in [1.165, 1.54) is 32.1 Å². The zero-order chi connectivity index (χ0) is 21.6. The molecule has 1 aliphatic heterocycles. The van der Waals surface area contributed by atoms with E-state index in [0.29, 0.717) is 5.69 Å². The van der Waals surface area contributed by atoms with Crippen molar-refractivity contribution in [2.75, 3.05) is 19.6 Å². The lowest BCUT2D eigenvalue weighted by Gasteiger charge is -2.50. The van der Waals surface area contributed by atoms with Crippen LogP contribution in [0.5, 0.6) is 0 Å². The molecule has 1 saturated heterocycles. The largest absolute Gasteiger partial charge is 0.350 e. The Balaban J connectivity index is 1.30. The second kappa shape index (κ2) is 8.21. The average molecular weight is 424 g/mol. The Kier molecular flexibility index (Phi) is 5.55. The zero-order valence-electron chi connectivity index (χ0n) is 19.0. The lowest BCUT2D eigenvalue weighted by molar-refractivity contribution is 0.0183. The molecule has 3 unspecified atom stereocenters. The summed E-state index contributed by atoms with van der Waals surface area (Å²) in [5.74, 6) is 2.38. The second-order valence-electron chi connectivity index (χ2n) is 11.0. The molecule has 6 heteroatoms. The highest BCUT2D eigenvalue weighted by atomic mass is 16.1. The van der Waals surface area contributed by atoms with Crippen LogP contribution in [0.4, 0.5) is 0 Å². The summed E-state index contributed by atoms with van der Waals surface area (Å²) in [5.41, 5.74) is 8.83. The number of nitrogens with two attached hydrogens (primary N) is 1. The molecule has 6 nitrogen and oxygen atoms in total. The summed E-state index contributed by atoms with van der Waals surface area (Å²) >= 11 is 0. The van der Waals surface area contributed by atoms with Crippen molar-refractivity contribution in [3.05, 3.63) is 35.8 Å². The van der Waals surface area contributed by atoms with Crippen LogP contribution in [0.3, 0.4) is 0 Å². The lowest BCUT2D eigenvalue weighted by Crippen LogP contribution is -2.46. The van der Waals surface area contributed by atoms with E-state index in [0.717, 1.165) is 61.7 Å². The van der Waals surface area contributed by atoms with Crippen LogP contribution in [-0.2, 0) is 6.54 Å². The van der Waals surface area contributed by atoms with E-state index in [-0.39, 0.29) is 17.4 Å². The van der Waals surface area contributed by atoms with E-state index < -0.39 is 0 Å². The van der Waals surface area contributed by atoms with Gasteiger partial charge in [0.05, 0.1) is 5.69 Å². The van der Waals surface area contributed by atoms with Crippen LogP contribution in [0.1, 0.15) is 68.6 Å². The molecule has 168 valence electrons. The van der Waals surface area contributed by atoms with Gasteiger partial charge in [-0.1, -0.05) is 19.9 Å². The Bertz CT molecular complexity index is 933. The van der Waals surface area contributed by atoms with Gasteiger partial charge < -0.3 is 11.1 Å². The minimum atomic E-state index is 0.0140. The van der Waals surface area contributed by atoms with Gasteiger partial charge in [-0.05, 0) is 73.8 Å². The fraction of sp³-hybridized carbons (Fsp3) is 0.680. The molecule has 3 fully saturated rings. The maximum absolute atomic E-state index is 13.2. The first-order valence-corrected chi connectivity index (χ1v) is 12.1. The summed E-state index contributed by atoms with van der Waals surface area (Å²) in [6.45, 7) is 8.29. The van der Waals surface area contributed by atoms with Gasteiger partial charge in [-0.25, -0.2) is 4.98 Å². The van der Waals surface area contributed by atoms with Crippen LogP contribution in [0, 0.1) is 23.2 Å². The first-order valence-electron chi connectivity index (χ1n) is 12.1. The van der Waals surface area contributed by atoms with Crippen molar-refractivity contribution in [3.63, 3.8) is 0 Å².